The third-order valence-corrected chi connectivity index (χ3v) is 5.70. The minimum Gasteiger partial charge on any atom is -0.342 e. The molecule has 0 N–H and O–H groups in total. The molecule has 0 spiro atoms. The van der Waals surface area contributed by atoms with Crippen LogP contribution in [0.25, 0.3) is 0 Å². The van der Waals surface area contributed by atoms with E-state index in [9.17, 15) is 4.79 Å². The van der Waals surface area contributed by atoms with E-state index in [0.29, 0.717) is 27.5 Å². The van der Waals surface area contributed by atoms with Crippen molar-refractivity contribution >= 4 is 37.8 Å². The van der Waals surface area contributed by atoms with Crippen molar-refractivity contribution in [2.45, 2.75) is 28.5 Å². The van der Waals surface area contributed by atoms with E-state index in [1.165, 1.54) is 0 Å². The Morgan fingerprint density at radius 1 is 1.33 bits per heavy atom. The van der Waals surface area contributed by atoms with Crippen LogP contribution in [0.5, 0.6) is 0 Å². The van der Waals surface area contributed by atoms with Gasteiger partial charge >= 0.3 is 0 Å². The fraction of sp³-hybridized carbons (Fsp3) is 0.875. The second-order valence-corrected chi connectivity index (χ2v) is 5.98. The number of likely N-dealkylation sites (tertiary alicyclic amines) is 1. The van der Waals surface area contributed by atoms with E-state index in [-0.39, 0.29) is 0 Å². The molecular weight excluding hydrogens is 286 g/mol. The van der Waals surface area contributed by atoms with Gasteiger partial charge in [-0.05, 0) is 12.8 Å². The molecule has 68 valence electrons. The number of carbonyl (C=O) groups excluding carboxylic acids is 1. The van der Waals surface area contributed by atoms with Crippen LogP contribution in [0.15, 0.2) is 0 Å². The summed E-state index contributed by atoms with van der Waals surface area (Å²) in [5, 5.41) is 0. The molecule has 2 rings (SSSR count). The fourth-order valence-electron chi connectivity index (χ4n) is 2.13. The summed E-state index contributed by atoms with van der Waals surface area (Å²) in [6.45, 7) is 0. The zero-order valence-corrected chi connectivity index (χ0v) is 10.0. The number of β-lactam (4-membered cyclic amide) rings is 1. The van der Waals surface area contributed by atoms with Crippen LogP contribution < -0.4 is 0 Å². The Hall–Kier alpha value is 0.430. The zero-order valence-electron chi connectivity index (χ0n) is 6.84. The van der Waals surface area contributed by atoms with Crippen molar-refractivity contribution in [3.63, 3.8) is 0 Å². The number of nitrogens with zero attached hydrogens (tertiary/aromatic N) is 1. The van der Waals surface area contributed by atoms with E-state index in [4.69, 9.17) is 0 Å². The first-order valence-electron chi connectivity index (χ1n) is 4.16. The molecule has 1 aliphatic carbocycles. The molecular formula is C8H11Br2NO. The van der Waals surface area contributed by atoms with E-state index in [2.05, 4.69) is 31.9 Å². The van der Waals surface area contributed by atoms with E-state index >= 15 is 0 Å². The van der Waals surface area contributed by atoms with Gasteiger partial charge in [-0.3, -0.25) is 4.79 Å². The van der Waals surface area contributed by atoms with Crippen molar-refractivity contribution in [1.82, 2.24) is 4.90 Å². The summed E-state index contributed by atoms with van der Waals surface area (Å²) in [6.07, 6.45) is 2.08. The summed E-state index contributed by atoms with van der Waals surface area (Å²) in [5.74, 6) is 0.622. The van der Waals surface area contributed by atoms with Gasteiger partial charge in [-0.15, -0.1) is 0 Å². The Kier molecular flexibility index (Phi) is 2.24. The van der Waals surface area contributed by atoms with E-state index in [1.54, 1.807) is 0 Å². The Morgan fingerprint density at radius 3 is 2.58 bits per heavy atom. The quantitative estimate of drug-likeness (QED) is 0.493. The van der Waals surface area contributed by atoms with Gasteiger partial charge in [0, 0.05) is 22.7 Å². The van der Waals surface area contributed by atoms with Crippen molar-refractivity contribution in [3.8, 4) is 0 Å². The highest BCUT2D eigenvalue weighted by Gasteiger charge is 2.50. The predicted octanol–water partition coefficient (Wildman–Crippen LogP) is 1.76. The van der Waals surface area contributed by atoms with Crippen LogP contribution in [0.2, 0.25) is 0 Å². The monoisotopic (exact) mass is 295 g/mol. The normalized spacial score (nSPS) is 46.9. The summed E-state index contributed by atoms with van der Waals surface area (Å²) in [6, 6.07) is 0.496. The average molecular weight is 297 g/mol. The minimum absolute atomic E-state index is 0.299. The number of alkyl halides is 2. The molecule has 0 bridgehead atoms. The standard InChI is InChI=1S/C8H11Br2NO/c1-11-7-3-6(10)5(9)2-4(7)8(11)12/h4-7H,2-3H2,1H3/t4-,5+,6-,7+/m1/s1. The number of rotatable bonds is 0. The van der Waals surface area contributed by atoms with Crippen LogP contribution in [0.4, 0.5) is 0 Å². The second-order valence-electron chi connectivity index (χ2n) is 3.63. The van der Waals surface area contributed by atoms with Gasteiger partial charge in [-0.2, -0.15) is 0 Å². The fourth-order valence-corrected chi connectivity index (χ4v) is 3.34. The molecule has 2 nitrogen and oxygen atoms in total. The number of halogens is 2. The van der Waals surface area contributed by atoms with Gasteiger partial charge in [-0.25, -0.2) is 0 Å². The highest BCUT2D eigenvalue weighted by atomic mass is 79.9. The number of fused-ring (bicyclic) bond motifs is 1. The topological polar surface area (TPSA) is 20.3 Å². The van der Waals surface area contributed by atoms with Gasteiger partial charge < -0.3 is 4.90 Å². The zero-order chi connectivity index (χ0) is 8.88. The Labute approximate surface area is 88.9 Å². The van der Waals surface area contributed by atoms with Crippen molar-refractivity contribution in [2.75, 3.05) is 7.05 Å². The number of amides is 1. The number of carbonyl (C=O) groups is 1. The first-order chi connectivity index (χ1) is 5.61. The van der Waals surface area contributed by atoms with Crippen LogP contribution in [-0.2, 0) is 4.79 Å². The van der Waals surface area contributed by atoms with E-state index in [1.807, 2.05) is 11.9 Å². The lowest BCUT2D eigenvalue weighted by Gasteiger charge is -2.50. The van der Waals surface area contributed by atoms with Crippen molar-refractivity contribution in [3.05, 3.63) is 0 Å². The lowest BCUT2D eigenvalue weighted by Crippen LogP contribution is -2.62. The van der Waals surface area contributed by atoms with Crippen LogP contribution in [-0.4, -0.2) is 33.6 Å². The van der Waals surface area contributed by atoms with Crippen LogP contribution in [0.1, 0.15) is 12.8 Å². The molecule has 2 fully saturated rings. The summed E-state index contributed by atoms with van der Waals surface area (Å²) in [7, 11) is 1.90. The van der Waals surface area contributed by atoms with Gasteiger partial charge in [0.15, 0.2) is 0 Å². The molecule has 1 amide bonds. The number of hydrogen-bond acceptors (Lipinski definition) is 1. The predicted molar refractivity (Wildman–Crippen MR) is 54.7 cm³/mol. The Balaban J connectivity index is 2.07. The molecule has 0 aromatic heterocycles. The molecule has 2 aliphatic rings. The molecule has 0 aromatic carbocycles. The van der Waals surface area contributed by atoms with Gasteiger partial charge in [0.05, 0.1) is 5.92 Å². The molecule has 1 heterocycles. The summed E-state index contributed by atoms with van der Waals surface area (Å²) < 4.78 is 0. The largest absolute Gasteiger partial charge is 0.342 e. The summed E-state index contributed by atoms with van der Waals surface area (Å²) in [4.78, 5) is 14.2. The van der Waals surface area contributed by atoms with Crippen molar-refractivity contribution in [1.29, 1.82) is 0 Å². The first kappa shape index (κ1) is 9.00. The average Bonchev–Trinajstić information content (AvgIpc) is 2.08. The third-order valence-electron chi connectivity index (χ3n) is 2.96. The van der Waals surface area contributed by atoms with Crippen molar-refractivity contribution in [2.24, 2.45) is 5.92 Å². The Morgan fingerprint density at radius 2 is 1.92 bits per heavy atom. The van der Waals surface area contributed by atoms with Gasteiger partial charge in [-0.1, -0.05) is 31.9 Å². The van der Waals surface area contributed by atoms with E-state index in [0.717, 1.165) is 12.8 Å². The van der Waals surface area contributed by atoms with Gasteiger partial charge in [0.2, 0.25) is 5.91 Å². The number of hydrogen-bond donors (Lipinski definition) is 0. The maximum Gasteiger partial charge on any atom is 0.227 e. The molecule has 0 aromatic rings. The lowest BCUT2D eigenvalue weighted by atomic mass is 9.76. The van der Waals surface area contributed by atoms with Gasteiger partial charge in [0.25, 0.3) is 0 Å². The maximum absolute atomic E-state index is 11.3. The highest BCUT2D eigenvalue weighted by Crippen LogP contribution is 2.42. The molecule has 0 unspecified atom stereocenters. The van der Waals surface area contributed by atoms with Gasteiger partial charge in [0.1, 0.15) is 0 Å². The summed E-state index contributed by atoms with van der Waals surface area (Å²) in [5.41, 5.74) is 0. The smallest absolute Gasteiger partial charge is 0.227 e. The highest BCUT2D eigenvalue weighted by molar-refractivity contribution is 9.12. The third kappa shape index (κ3) is 1.15. The molecule has 4 heteroatoms. The second kappa shape index (κ2) is 2.98. The van der Waals surface area contributed by atoms with Crippen LogP contribution in [0.3, 0.4) is 0 Å². The minimum atomic E-state index is 0.299. The SMILES string of the molecule is CN1C(=O)[C@@H]2C[C@H](Br)[C@H](Br)C[C@@H]21. The maximum atomic E-state index is 11.3. The molecule has 1 saturated heterocycles. The molecule has 4 atom stereocenters. The first-order valence-corrected chi connectivity index (χ1v) is 5.99. The summed E-state index contributed by atoms with van der Waals surface area (Å²) >= 11 is 7.20. The lowest BCUT2D eigenvalue weighted by molar-refractivity contribution is -0.155. The molecule has 1 saturated carbocycles. The molecule has 0 radical (unpaired) electrons. The van der Waals surface area contributed by atoms with Crippen LogP contribution in [0, 0.1) is 5.92 Å². The van der Waals surface area contributed by atoms with Crippen molar-refractivity contribution < 1.29 is 4.79 Å². The van der Waals surface area contributed by atoms with E-state index < -0.39 is 0 Å². The molecule has 1 aliphatic heterocycles. The Bertz CT molecular complexity index is 221. The van der Waals surface area contributed by atoms with Crippen LogP contribution >= 0.6 is 31.9 Å². The molecule has 12 heavy (non-hydrogen) atoms.